The first-order chi connectivity index (χ1) is 12.8. The molecule has 4 rings (SSSR count). The van der Waals surface area contributed by atoms with Crippen LogP contribution >= 0.6 is 22.9 Å². The normalized spacial score (nSPS) is 20.2. The Kier molecular flexibility index (Phi) is 4.73. The molecule has 3 heterocycles. The maximum absolute atomic E-state index is 12.9. The van der Waals surface area contributed by atoms with E-state index in [9.17, 15) is 9.59 Å². The van der Waals surface area contributed by atoms with Crippen LogP contribution in [0.4, 0.5) is 0 Å². The van der Waals surface area contributed by atoms with E-state index in [2.05, 4.69) is 10.4 Å². The number of fused-ring (bicyclic) bond motifs is 3. The Bertz CT molecular complexity index is 1080. The van der Waals surface area contributed by atoms with Gasteiger partial charge in [-0.3, -0.25) is 14.0 Å². The molecule has 27 heavy (non-hydrogen) atoms. The quantitative estimate of drug-likeness (QED) is 0.694. The molecule has 144 valence electrons. The van der Waals surface area contributed by atoms with Crippen LogP contribution < -0.4 is 16.6 Å². The van der Waals surface area contributed by atoms with Gasteiger partial charge >= 0.3 is 0 Å². The smallest absolute Gasteiger partial charge is 0.291 e. The topological polar surface area (TPSA) is 94.4 Å². The molecule has 0 aromatic carbocycles. The van der Waals surface area contributed by atoms with Gasteiger partial charge in [0, 0.05) is 18.0 Å². The van der Waals surface area contributed by atoms with E-state index in [1.807, 2.05) is 30.4 Å². The van der Waals surface area contributed by atoms with Crippen LogP contribution in [-0.4, -0.2) is 32.2 Å². The van der Waals surface area contributed by atoms with Gasteiger partial charge in [-0.1, -0.05) is 25.4 Å². The molecule has 0 radical (unpaired) electrons. The van der Waals surface area contributed by atoms with E-state index in [-0.39, 0.29) is 36.0 Å². The zero-order valence-corrected chi connectivity index (χ0v) is 16.8. The third-order valence-electron chi connectivity index (χ3n) is 5.01. The van der Waals surface area contributed by atoms with Gasteiger partial charge in [0.05, 0.1) is 14.6 Å². The average molecular weight is 408 g/mol. The Labute approximate surface area is 165 Å². The number of halogens is 1. The van der Waals surface area contributed by atoms with Crippen LogP contribution in [0.3, 0.4) is 0 Å². The number of rotatable bonds is 4. The van der Waals surface area contributed by atoms with Gasteiger partial charge in [-0.25, -0.2) is 4.68 Å². The van der Waals surface area contributed by atoms with Crippen molar-refractivity contribution >= 4 is 44.6 Å². The molecule has 3 N–H and O–H groups in total. The molecule has 1 aliphatic carbocycles. The van der Waals surface area contributed by atoms with Gasteiger partial charge in [0.1, 0.15) is 17.9 Å². The number of thiophene rings is 1. The average Bonchev–Trinajstić information content (AvgIpc) is 3.24. The highest BCUT2D eigenvalue weighted by atomic mass is 35.5. The molecule has 2 atom stereocenters. The van der Waals surface area contributed by atoms with E-state index in [0.717, 1.165) is 35.3 Å². The summed E-state index contributed by atoms with van der Waals surface area (Å²) in [7, 11) is 0. The van der Waals surface area contributed by atoms with Crippen molar-refractivity contribution in [3.05, 3.63) is 32.6 Å². The molecular weight excluding hydrogens is 386 g/mol. The largest absolute Gasteiger partial charge is 0.352 e. The van der Waals surface area contributed by atoms with Gasteiger partial charge < -0.3 is 11.1 Å². The number of aromatic nitrogens is 3. The molecule has 0 bridgehead atoms. The molecule has 0 unspecified atom stereocenters. The molecular formula is C18H22ClN5O2S. The minimum absolute atomic E-state index is 0.0736. The molecule has 1 aliphatic rings. The third kappa shape index (κ3) is 3.37. The predicted octanol–water partition coefficient (Wildman–Crippen LogP) is 2.48. The Morgan fingerprint density at radius 3 is 2.85 bits per heavy atom. The second-order valence-electron chi connectivity index (χ2n) is 7.48. The maximum atomic E-state index is 12.9. The summed E-state index contributed by atoms with van der Waals surface area (Å²) in [5, 5.41) is 7.47. The Hall–Kier alpha value is -1.90. The molecule has 9 heteroatoms. The zero-order chi connectivity index (χ0) is 19.3. The van der Waals surface area contributed by atoms with Crippen molar-refractivity contribution < 1.29 is 4.79 Å². The van der Waals surface area contributed by atoms with Crippen LogP contribution in [0, 0.1) is 0 Å². The van der Waals surface area contributed by atoms with Crippen molar-refractivity contribution in [2.45, 2.75) is 57.7 Å². The third-order valence-corrected chi connectivity index (χ3v) is 6.21. The SMILES string of the molecule is CC(C)c1nn(CC(=O)N[C@@H]2CC[C@@H](N)C2)c(=O)c2cc3sc(Cl)cc3n12. The van der Waals surface area contributed by atoms with E-state index in [1.54, 1.807) is 0 Å². The predicted molar refractivity (Wildman–Crippen MR) is 108 cm³/mol. The van der Waals surface area contributed by atoms with Crippen molar-refractivity contribution in [1.29, 1.82) is 0 Å². The summed E-state index contributed by atoms with van der Waals surface area (Å²) in [5.74, 6) is 0.591. The van der Waals surface area contributed by atoms with Gasteiger partial charge in [0.2, 0.25) is 5.91 Å². The summed E-state index contributed by atoms with van der Waals surface area (Å²) >= 11 is 7.55. The van der Waals surface area contributed by atoms with Crippen LogP contribution in [0.2, 0.25) is 4.34 Å². The molecule has 3 aromatic rings. The lowest BCUT2D eigenvalue weighted by molar-refractivity contribution is -0.122. The van der Waals surface area contributed by atoms with E-state index >= 15 is 0 Å². The van der Waals surface area contributed by atoms with Crippen LogP contribution in [0.25, 0.3) is 15.7 Å². The van der Waals surface area contributed by atoms with Crippen LogP contribution in [0.1, 0.15) is 44.9 Å². The molecule has 1 fully saturated rings. The molecule has 0 saturated heterocycles. The second-order valence-corrected chi connectivity index (χ2v) is 9.19. The molecule has 0 spiro atoms. The van der Waals surface area contributed by atoms with Crippen molar-refractivity contribution in [3.8, 4) is 0 Å². The fraction of sp³-hybridized carbons (Fsp3) is 0.500. The van der Waals surface area contributed by atoms with Gasteiger partial charge in [0.15, 0.2) is 0 Å². The fourth-order valence-corrected chi connectivity index (χ4v) is 4.91. The van der Waals surface area contributed by atoms with Crippen LogP contribution in [0.5, 0.6) is 0 Å². The first-order valence-electron chi connectivity index (χ1n) is 9.10. The Morgan fingerprint density at radius 1 is 1.41 bits per heavy atom. The summed E-state index contributed by atoms with van der Waals surface area (Å²) in [5.41, 5.74) is 7.02. The molecule has 1 saturated carbocycles. The van der Waals surface area contributed by atoms with E-state index < -0.39 is 0 Å². The lowest BCUT2D eigenvalue weighted by atomic mass is 10.2. The van der Waals surface area contributed by atoms with E-state index in [1.165, 1.54) is 16.0 Å². The molecule has 1 amide bonds. The first kappa shape index (κ1) is 18.5. The minimum Gasteiger partial charge on any atom is -0.352 e. The summed E-state index contributed by atoms with van der Waals surface area (Å²) in [4.78, 5) is 25.4. The minimum atomic E-state index is -0.280. The summed E-state index contributed by atoms with van der Waals surface area (Å²) in [6.45, 7) is 3.92. The standard InChI is InChI=1S/C18H22ClN5O2S/c1-9(2)17-22-23(8-16(25)21-11-4-3-10(20)5-11)18(26)13-6-14-12(24(13)17)7-15(19)27-14/h6-7,9-11H,3-5,8,20H2,1-2H3,(H,21,25)/t10-,11-/m1/s1. The lowest BCUT2D eigenvalue weighted by Gasteiger charge is -2.15. The maximum Gasteiger partial charge on any atom is 0.291 e. The number of amides is 1. The highest BCUT2D eigenvalue weighted by molar-refractivity contribution is 7.22. The number of nitrogens with two attached hydrogens (primary N) is 1. The number of hydrogen-bond acceptors (Lipinski definition) is 5. The summed E-state index contributed by atoms with van der Waals surface area (Å²) in [6.07, 6.45) is 2.57. The van der Waals surface area contributed by atoms with Crippen LogP contribution in [0.15, 0.2) is 16.9 Å². The Morgan fingerprint density at radius 2 is 2.19 bits per heavy atom. The molecule has 0 aliphatic heterocycles. The van der Waals surface area contributed by atoms with Crippen molar-refractivity contribution in [2.24, 2.45) is 5.73 Å². The van der Waals surface area contributed by atoms with Gasteiger partial charge in [0.25, 0.3) is 5.56 Å². The molecule has 7 nitrogen and oxygen atoms in total. The highest BCUT2D eigenvalue weighted by Gasteiger charge is 2.24. The Balaban J connectivity index is 1.71. The van der Waals surface area contributed by atoms with Crippen molar-refractivity contribution in [3.63, 3.8) is 0 Å². The number of hydrogen-bond donors (Lipinski definition) is 2. The first-order valence-corrected chi connectivity index (χ1v) is 10.3. The number of carbonyl (C=O) groups is 1. The number of nitrogens with zero attached hydrogens (tertiary/aromatic N) is 3. The fourth-order valence-electron chi connectivity index (χ4n) is 3.75. The summed E-state index contributed by atoms with van der Waals surface area (Å²) < 4.78 is 4.72. The zero-order valence-electron chi connectivity index (χ0n) is 15.2. The van der Waals surface area contributed by atoms with Gasteiger partial charge in [-0.15, -0.1) is 11.3 Å². The van der Waals surface area contributed by atoms with E-state index in [0.29, 0.717) is 9.85 Å². The second kappa shape index (κ2) is 6.92. The van der Waals surface area contributed by atoms with Crippen molar-refractivity contribution in [1.82, 2.24) is 19.5 Å². The molecule has 3 aromatic heterocycles. The highest BCUT2D eigenvalue weighted by Crippen LogP contribution is 2.32. The monoisotopic (exact) mass is 407 g/mol. The van der Waals surface area contributed by atoms with Gasteiger partial charge in [-0.2, -0.15) is 5.10 Å². The summed E-state index contributed by atoms with van der Waals surface area (Å²) in [6, 6.07) is 3.89. The van der Waals surface area contributed by atoms with Gasteiger partial charge in [-0.05, 0) is 31.4 Å². The number of carbonyl (C=O) groups excluding carboxylic acids is 1. The lowest BCUT2D eigenvalue weighted by Crippen LogP contribution is -2.39. The number of nitrogens with one attached hydrogen (secondary N) is 1. The van der Waals surface area contributed by atoms with Crippen molar-refractivity contribution in [2.75, 3.05) is 0 Å². The van der Waals surface area contributed by atoms with E-state index in [4.69, 9.17) is 17.3 Å². The van der Waals surface area contributed by atoms with Crippen LogP contribution in [-0.2, 0) is 11.3 Å².